The maximum Gasteiger partial charge on any atom is 0.256 e. The Morgan fingerprint density at radius 2 is 1.16 bits per heavy atom. The molecule has 5 rings (SSSR count). The zero-order valence-electron chi connectivity index (χ0n) is 17.4. The smallest absolute Gasteiger partial charge is 0.256 e. The van der Waals surface area contributed by atoms with Crippen molar-refractivity contribution in [3.63, 3.8) is 0 Å². The molecule has 31 heavy (non-hydrogen) atoms. The lowest BCUT2D eigenvalue weighted by atomic mass is 10.0. The molecule has 0 radical (unpaired) electrons. The highest BCUT2D eigenvalue weighted by atomic mass is 16.2. The lowest BCUT2D eigenvalue weighted by Crippen LogP contribution is -2.39. The largest absolute Gasteiger partial charge is 0.316 e. The third kappa shape index (κ3) is 3.38. The number of benzene rings is 4. The predicted octanol–water partition coefficient (Wildman–Crippen LogP) is 6.74. The third-order valence-corrected chi connectivity index (χ3v) is 5.98. The fourth-order valence-corrected chi connectivity index (χ4v) is 4.47. The first-order valence-electron chi connectivity index (χ1n) is 10.6. The van der Waals surface area contributed by atoms with Crippen molar-refractivity contribution >= 4 is 17.3 Å². The molecule has 1 aliphatic rings. The van der Waals surface area contributed by atoms with Gasteiger partial charge in [0.25, 0.3) is 5.91 Å². The normalized spacial score (nSPS) is 16.1. The van der Waals surface area contributed by atoms with Gasteiger partial charge >= 0.3 is 0 Å². The Bertz CT molecular complexity index is 1140. The summed E-state index contributed by atoms with van der Waals surface area (Å²) in [6.45, 7) is 2.11. The fourth-order valence-electron chi connectivity index (χ4n) is 4.47. The van der Waals surface area contributed by atoms with Gasteiger partial charge in [0.2, 0.25) is 0 Å². The van der Waals surface area contributed by atoms with Crippen molar-refractivity contribution in [2.45, 2.75) is 19.1 Å². The van der Waals surface area contributed by atoms with Gasteiger partial charge < -0.3 is 9.80 Å². The van der Waals surface area contributed by atoms with Crippen LogP contribution in [0.15, 0.2) is 115 Å². The van der Waals surface area contributed by atoms with E-state index in [2.05, 4.69) is 54.3 Å². The summed E-state index contributed by atoms with van der Waals surface area (Å²) in [7, 11) is 0. The first-order chi connectivity index (χ1) is 15.3. The van der Waals surface area contributed by atoms with E-state index in [0.29, 0.717) is 0 Å². The van der Waals surface area contributed by atoms with Crippen molar-refractivity contribution in [2.75, 3.05) is 4.90 Å². The minimum absolute atomic E-state index is 0.0637. The van der Waals surface area contributed by atoms with Crippen LogP contribution >= 0.6 is 0 Å². The molecule has 0 unspecified atom stereocenters. The molecule has 152 valence electrons. The molecule has 0 spiro atoms. The van der Waals surface area contributed by atoms with Crippen LogP contribution in [0.25, 0.3) is 0 Å². The van der Waals surface area contributed by atoms with Gasteiger partial charge in [-0.1, -0.05) is 84.9 Å². The molecule has 0 aromatic heterocycles. The number of hydrogen-bond acceptors (Lipinski definition) is 2. The Labute approximate surface area is 183 Å². The van der Waals surface area contributed by atoms with Crippen LogP contribution in [-0.4, -0.2) is 10.8 Å². The molecule has 0 bridgehead atoms. The average Bonchev–Trinajstić information content (AvgIpc) is 3.13. The van der Waals surface area contributed by atoms with Crippen LogP contribution in [0.3, 0.4) is 0 Å². The molecule has 1 amide bonds. The van der Waals surface area contributed by atoms with E-state index >= 15 is 0 Å². The first-order valence-corrected chi connectivity index (χ1v) is 10.6. The number of anilines is 2. The Morgan fingerprint density at radius 3 is 1.74 bits per heavy atom. The van der Waals surface area contributed by atoms with Crippen molar-refractivity contribution in [1.82, 2.24) is 4.90 Å². The number of para-hydroxylation sites is 2. The monoisotopic (exact) mass is 404 g/mol. The van der Waals surface area contributed by atoms with Gasteiger partial charge in [0, 0.05) is 22.5 Å². The Hall–Kier alpha value is -3.85. The molecule has 0 fully saturated rings. The molecule has 0 N–H and O–H groups in total. The summed E-state index contributed by atoms with van der Waals surface area (Å²) < 4.78 is 0. The second kappa shape index (κ2) is 8.11. The van der Waals surface area contributed by atoms with Crippen molar-refractivity contribution in [1.29, 1.82) is 0 Å². The molecule has 4 aromatic carbocycles. The summed E-state index contributed by atoms with van der Waals surface area (Å²) in [4.78, 5) is 18.0. The number of carbonyl (C=O) groups excluding carboxylic acids is 1. The van der Waals surface area contributed by atoms with Gasteiger partial charge in [-0.15, -0.1) is 0 Å². The summed E-state index contributed by atoms with van der Waals surface area (Å²) >= 11 is 0. The van der Waals surface area contributed by atoms with E-state index in [0.717, 1.165) is 28.1 Å². The molecule has 0 saturated heterocycles. The van der Waals surface area contributed by atoms with Crippen LogP contribution in [-0.2, 0) is 0 Å². The lowest BCUT2D eigenvalue weighted by Gasteiger charge is -2.40. The average molecular weight is 405 g/mol. The highest BCUT2D eigenvalue weighted by Gasteiger charge is 2.43. The zero-order valence-corrected chi connectivity index (χ0v) is 17.4. The molecule has 3 nitrogen and oxygen atoms in total. The quantitative estimate of drug-likeness (QED) is 0.368. The molecule has 3 heteroatoms. The molecular weight excluding hydrogens is 380 g/mol. The lowest BCUT2D eigenvalue weighted by molar-refractivity contribution is 0.0648. The minimum Gasteiger partial charge on any atom is -0.316 e. The van der Waals surface area contributed by atoms with Gasteiger partial charge in [-0.05, 0) is 42.8 Å². The molecule has 0 saturated carbocycles. The third-order valence-electron chi connectivity index (χ3n) is 5.98. The summed E-state index contributed by atoms with van der Waals surface area (Å²) in [5.41, 5.74) is 5.02. The van der Waals surface area contributed by atoms with Gasteiger partial charge in [-0.2, -0.15) is 0 Å². The second-order valence-electron chi connectivity index (χ2n) is 7.80. The second-order valence-corrected chi connectivity index (χ2v) is 7.80. The van der Waals surface area contributed by atoms with E-state index in [1.54, 1.807) is 0 Å². The van der Waals surface area contributed by atoms with E-state index in [1.807, 2.05) is 77.7 Å². The maximum absolute atomic E-state index is 13.7. The Balaban J connectivity index is 1.71. The zero-order chi connectivity index (χ0) is 21.2. The number of rotatable bonds is 5. The molecule has 1 aliphatic heterocycles. The SMILES string of the molecule is C[C@@H](c1ccccc1)N1C(=O)c2ccccc2[C@@H]1N(c1ccccc1)c1ccccc1. The maximum atomic E-state index is 13.7. The fraction of sp³-hybridized carbons (Fsp3) is 0.107. The van der Waals surface area contributed by atoms with Crippen molar-refractivity contribution in [2.24, 2.45) is 0 Å². The molecule has 1 heterocycles. The Kier molecular flexibility index (Phi) is 5.01. The Morgan fingerprint density at radius 1 is 0.677 bits per heavy atom. The molecular formula is C28H24N2O. The molecule has 0 aliphatic carbocycles. The van der Waals surface area contributed by atoms with Gasteiger partial charge in [0.05, 0.1) is 6.04 Å². The topological polar surface area (TPSA) is 23.6 Å². The predicted molar refractivity (Wildman–Crippen MR) is 125 cm³/mol. The number of carbonyl (C=O) groups is 1. The highest BCUT2D eigenvalue weighted by Crippen LogP contribution is 2.46. The van der Waals surface area contributed by atoms with Crippen LogP contribution < -0.4 is 4.90 Å². The summed E-state index contributed by atoms with van der Waals surface area (Å²) in [6.07, 6.45) is -0.247. The number of hydrogen-bond donors (Lipinski definition) is 0. The van der Waals surface area contributed by atoms with Gasteiger partial charge in [0.15, 0.2) is 0 Å². The van der Waals surface area contributed by atoms with E-state index < -0.39 is 0 Å². The van der Waals surface area contributed by atoms with Gasteiger partial charge in [0.1, 0.15) is 6.17 Å². The number of fused-ring (bicyclic) bond motifs is 1. The standard InChI is InChI=1S/C28H24N2O/c1-21(22-13-5-2-6-14-22)29-27(25-19-11-12-20-26(25)28(29)31)30(23-15-7-3-8-16-23)24-17-9-4-10-18-24/h2-21,27H,1H3/t21-,27-/m0/s1. The minimum atomic E-state index is -0.247. The van der Waals surface area contributed by atoms with E-state index in [1.165, 1.54) is 0 Å². The summed E-state index contributed by atoms with van der Waals surface area (Å²) in [5, 5.41) is 0. The van der Waals surface area contributed by atoms with Crippen LogP contribution in [0, 0.1) is 0 Å². The molecule has 2 atom stereocenters. The first kappa shape index (κ1) is 19.1. The van der Waals surface area contributed by atoms with Crippen molar-refractivity contribution in [3.8, 4) is 0 Å². The molecule has 4 aromatic rings. The van der Waals surface area contributed by atoms with Crippen LogP contribution in [0.2, 0.25) is 0 Å². The summed E-state index contributed by atoms with van der Waals surface area (Å²) in [5.74, 6) is 0.0637. The van der Waals surface area contributed by atoms with E-state index in [9.17, 15) is 4.79 Å². The van der Waals surface area contributed by atoms with E-state index in [4.69, 9.17) is 0 Å². The number of amides is 1. The van der Waals surface area contributed by atoms with Crippen LogP contribution in [0.4, 0.5) is 11.4 Å². The van der Waals surface area contributed by atoms with Crippen LogP contribution in [0.1, 0.15) is 40.6 Å². The van der Waals surface area contributed by atoms with Crippen LogP contribution in [0.5, 0.6) is 0 Å². The number of nitrogens with zero attached hydrogens (tertiary/aromatic N) is 2. The highest BCUT2D eigenvalue weighted by molar-refractivity contribution is 6.00. The van der Waals surface area contributed by atoms with Crippen molar-refractivity contribution in [3.05, 3.63) is 132 Å². The van der Waals surface area contributed by atoms with Crippen molar-refractivity contribution < 1.29 is 4.79 Å². The van der Waals surface area contributed by atoms with Gasteiger partial charge in [-0.25, -0.2) is 0 Å². The van der Waals surface area contributed by atoms with Gasteiger partial charge in [-0.3, -0.25) is 4.79 Å². The summed E-state index contributed by atoms with van der Waals surface area (Å²) in [6, 6.07) is 38.7. The van der Waals surface area contributed by atoms with E-state index in [-0.39, 0.29) is 18.1 Å².